The Morgan fingerprint density at radius 3 is 2.53 bits per heavy atom. The van der Waals surface area contributed by atoms with Crippen LogP contribution in [0, 0.1) is 13.8 Å². The molecule has 0 saturated heterocycles. The first-order chi connectivity index (χ1) is 9.11. The van der Waals surface area contributed by atoms with E-state index >= 15 is 0 Å². The molecule has 0 heterocycles. The van der Waals surface area contributed by atoms with E-state index in [1.54, 1.807) is 0 Å². The summed E-state index contributed by atoms with van der Waals surface area (Å²) >= 11 is 0. The Labute approximate surface area is 115 Å². The number of rotatable bonds is 8. The third kappa shape index (κ3) is 6.82. The summed E-state index contributed by atoms with van der Waals surface area (Å²) in [4.78, 5) is 11.6. The van der Waals surface area contributed by atoms with E-state index in [-0.39, 0.29) is 5.91 Å². The molecule has 0 fully saturated rings. The lowest BCUT2D eigenvalue weighted by molar-refractivity contribution is -0.119. The molecule has 0 radical (unpaired) electrons. The zero-order valence-corrected chi connectivity index (χ0v) is 12.1. The lowest BCUT2D eigenvalue weighted by Gasteiger charge is -2.09. The second-order valence-corrected chi connectivity index (χ2v) is 4.63. The van der Waals surface area contributed by atoms with Crippen LogP contribution in [0.1, 0.15) is 24.5 Å². The normalized spacial score (nSPS) is 10.3. The Hall–Kier alpha value is -1.55. The highest BCUT2D eigenvalue weighted by Gasteiger charge is 2.01. The number of hydrogen-bond acceptors (Lipinski definition) is 3. The van der Waals surface area contributed by atoms with E-state index in [0.29, 0.717) is 19.7 Å². The third-order valence-corrected chi connectivity index (χ3v) is 2.67. The highest BCUT2D eigenvalue weighted by atomic mass is 16.5. The van der Waals surface area contributed by atoms with Gasteiger partial charge < -0.3 is 15.4 Å². The van der Waals surface area contributed by atoms with Crippen molar-refractivity contribution in [2.24, 2.45) is 0 Å². The Morgan fingerprint density at radius 2 is 1.89 bits per heavy atom. The molecule has 2 N–H and O–H groups in total. The minimum Gasteiger partial charge on any atom is -0.382 e. The van der Waals surface area contributed by atoms with Gasteiger partial charge in [-0.3, -0.25) is 4.79 Å². The molecular formula is C15H24N2O2. The molecule has 4 heteroatoms. The highest BCUT2D eigenvalue weighted by molar-refractivity contribution is 5.80. The molecule has 0 saturated carbocycles. The van der Waals surface area contributed by atoms with Gasteiger partial charge in [0.15, 0.2) is 0 Å². The predicted octanol–water partition coefficient (Wildman–Crippen LogP) is 2.26. The van der Waals surface area contributed by atoms with E-state index in [9.17, 15) is 4.79 Å². The van der Waals surface area contributed by atoms with Crippen LogP contribution in [0.5, 0.6) is 0 Å². The summed E-state index contributed by atoms with van der Waals surface area (Å²) in [5.74, 6) is 0.00987. The maximum atomic E-state index is 11.6. The van der Waals surface area contributed by atoms with Crippen LogP contribution in [0.15, 0.2) is 18.2 Å². The van der Waals surface area contributed by atoms with Crippen LogP contribution in [-0.2, 0) is 9.53 Å². The number of benzene rings is 1. The van der Waals surface area contributed by atoms with Crippen molar-refractivity contribution in [3.8, 4) is 0 Å². The number of ether oxygens (including phenoxy) is 1. The molecule has 1 aromatic rings. The first-order valence-corrected chi connectivity index (χ1v) is 6.78. The zero-order valence-electron chi connectivity index (χ0n) is 12.1. The molecule has 0 aliphatic carbocycles. The quantitative estimate of drug-likeness (QED) is 0.708. The number of hydrogen-bond donors (Lipinski definition) is 2. The van der Waals surface area contributed by atoms with Gasteiger partial charge in [0.25, 0.3) is 0 Å². The van der Waals surface area contributed by atoms with E-state index in [2.05, 4.69) is 16.7 Å². The highest BCUT2D eigenvalue weighted by Crippen LogP contribution is 2.13. The van der Waals surface area contributed by atoms with Gasteiger partial charge in [0.2, 0.25) is 5.91 Å². The standard InChI is InChI=1S/C15H24N2O2/c1-4-19-7-5-6-16-15(18)11-17-14-9-12(2)8-13(3)10-14/h8-10,17H,4-7,11H2,1-3H3,(H,16,18). The number of aryl methyl sites for hydroxylation is 2. The summed E-state index contributed by atoms with van der Waals surface area (Å²) in [5.41, 5.74) is 3.38. The molecular weight excluding hydrogens is 240 g/mol. The number of nitrogens with one attached hydrogen (secondary N) is 2. The molecule has 1 rings (SSSR count). The van der Waals surface area contributed by atoms with Gasteiger partial charge in [-0.1, -0.05) is 6.07 Å². The van der Waals surface area contributed by atoms with Crippen LogP contribution >= 0.6 is 0 Å². The Balaban J connectivity index is 2.22. The summed E-state index contributed by atoms with van der Waals surface area (Å²) in [6, 6.07) is 6.18. The molecule has 0 spiro atoms. The summed E-state index contributed by atoms with van der Waals surface area (Å²) in [6.07, 6.45) is 0.850. The van der Waals surface area contributed by atoms with Gasteiger partial charge in [0.1, 0.15) is 0 Å². The minimum atomic E-state index is 0.00987. The molecule has 19 heavy (non-hydrogen) atoms. The van der Waals surface area contributed by atoms with Crippen LogP contribution in [0.2, 0.25) is 0 Å². The molecule has 0 aliphatic heterocycles. The van der Waals surface area contributed by atoms with Crippen molar-refractivity contribution in [2.45, 2.75) is 27.2 Å². The summed E-state index contributed by atoms with van der Waals surface area (Å²) in [5, 5.41) is 5.99. The van der Waals surface area contributed by atoms with Crippen LogP contribution in [0.3, 0.4) is 0 Å². The monoisotopic (exact) mass is 264 g/mol. The van der Waals surface area contributed by atoms with Crippen molar-refractivity contribution in [1.29, 1.82) is 0 Å². The van der Waals surface area contributed by atoms with Crippen molar-refractivity contribution in [1.82, 2.24) is 5.32 Å². The lowest BCUT2D eigenvalue weighted by Crippen LogP contribution is -2.31. The van der Waals surface area contributed by atoms with E-state index in [4.69, 9.17) is 4.74 Å². The molecule has 0 aromatic heterocycles. The van der Waals surface area contributed by atoms with Crippen molar-refractivity contribution in [3.63, 3.8) is 0 Å². The van der Waals surface area contributed by atoms with Gasteiger partial charge in [-0.2, -0.15) is 0 Å². The number of amides is 1. The van der Waals surface area contributed by atoms with Gasteiger partial charge in [-0.05, 0) is 50.5 Å². The molecule has 106 valence electrons. The van der Waals surface area contributed by atoms with Gasteiger partial charge >= 0.3 is 0 Å². The molecule has 0 bridgehead atoms. The van der Waals surface area contributed by atoms with E-state index in [1.165, 1.54) is 11.1 Å². The van der Waals surface area contributed by atoms with Gasteiger partial charge in [0, 0.05) is 25.4 Å². The third-order valence-electron chi connectivity index (χ3n) is 2.67. The van der Waals surface area contributed by atoms with Gasteiger partial charge in [-0.25, -0.2) is 0 Å². The predicted molar refractivity (Wildman–Crippen MR) is 78.5 cm³/mol. The fourth-order valence-corrected chi connectivity index (χ4v) is 1.87. The van der Waals surface area contributed by atoms with Gasteiger partial charge in [-0.15, -0.1) is 0 Å². The second-order valence-electron chi connectivity index (χ2n) is 4.63. The number of carbonyl (C=O) groups excluding carboxylic acids is 1. The maximum absolute atomic E-state index is 11.6. The van der Waals surface area contributed by atoms with Crippen LogP contribution < -0.4 is 10.6 Å². The Kier molecular flexibility index (Phi) is 6.97. The lowest BCUT2D eigenvalue weighted by atomic mass is 10.1. The molecule has 1 amide bonds. The zero-order chi connectivity index (χ0) is 14.1. The average molecular weight is 264 g/mol. The van der Waals surface area contributed by atoms with Crippen LogP contribution in [0.25, 0.3) is 0 Å². The summed E-state index contributed by atoms with van der Waals surface area (Å²) < 4.78 is 5.20. The van der Waals surface area contributed by atoms with Crippen molar-refractivity contribution in [2.75, 3.05) is 31.6 Å². The summed E-state index contributed by atoms with van der Waals surface area (Å²) in [6.45, 7) is 8.44. The molecule has 0 atom stereocenters. The minimum absolute atomic E-state index is 0.00987. The first-order valence-electron chi connectivity index (χ1n) is 6.78. The topological polar surface area (TPSA) is 50.4 Å². The SMILES string of the molecule is CCOCCCNC(=O)CNc1cc(C)cc(C)c1. The Morgan fingerprint density at radius 1 is 1.21 bits per heavy atom. The second kappa shape index (κ2) is 8.53. The number of anilines is 1. The van der Waals surface area contributed by atoms with E-state index < -0.39 is 0 Å². The molecule has 0 aliphatic rings. The average Bonchev–Trinajstić information content (AvgIpc) is 2.35. The van der Waals surface area contributed by atoms with Crippen molar-refractivity contribution >= 4 is 11.6 Å². The van der Waals surface area contributed by atoms with Gasteiger partial charge in [0.05, 0.1) is 6.54 Å². The van der Waals surface area contributed by atoms with E-state index in [0.717, 1.165) is 18.7 Å². The molecule has 0 unspecified atom stereocenters. The number of carbonyl (C=O) groups is 1. The Bertz CT molecular complexity index is 385. The fraction of sp³-hybridized carbons (Fsp3) is 0.533. The van der Waals surface area contributed by atoms with Crippen LogP contribution in [-0.4, -0.2) is 32.2 Å². The fourth-order valence-electron chi connectivity index (χ4n) is 1.87. The van der Waals surface area contributed by atoms with Crippen molar-refractivity contribution < 1.29 is 9.53 Å². The maximum Gasteiger partial charge on any atom is 0.239 e. The largest absolute Gasteiger partial charge is 0.382 e. The molecule has 1 aromatic carbocycles. The summed E-state index contributed by atoms with van der Waals surface area (Å²) in [7, 11) is 0. The molecule has 4 nitrogen and oxygen atoms in total. The smallest absolute Gasteiger partial charge is 0.239 e. The van der Waals surface area contributed by atoms with Crippen LogP contribution in [0.4, 0.5) is 5.69 Å². The van der Waals surface area contributed by atoms with Crippen molar-refractivity contribution in [3.05, 3.63) is 29.3 Å². The first kappa shape index (κ1) is 15.5. The van der Waals surface area contributed by atoms with E-state index in [1.807, 2.05) is 32.9 Å².